The van der Waals surface area contributed by atoms with E-state index in [1.54, 1.807) is 6.07 Å². The highest BCUT2D eigenvalue weighted by atomic mass is 16.4. The van der Waals surface area contributed by atoms with Gasteiger partial charge < -0.3 is 19.9 Å². The first-order valence-electron chi connectivity index (χ1n) is 5.79. The zero-order chi connectivity index (χ0) is 13.8. The molecular formula is C13H13NO5. The van der Waals surface area contributed by atoms with E-state index in [4.69, 9.17) is 9.52 Å². The summed E-state index contributed by atoms with van der Waals surface area (Å²) in [4.78, 5) is 21.8. The van der Waals surface area contributed by atoms with Crippen LogP contribution in [0, 0.1) is 0 Å². The van der Waals surface area contributed by atoms with Crippen molar-refractivity contribution >= 4 is 22.6 Å². The largest absolute Gasteiger partial charge is 0.508 e. The maximum absolute atomic E-state index is 11.4. The number of phenolic OH excluding ortho intramolecular Hbond substituents is 1. The Morgan fingerprint density at radius 1 is 1.32 bits per heavy atom. The second-order valence-electron chi connectivity index (χ2n) is 4.08. The second kappa shape index (κ2) is 5.43. The number of carboxylic acids is 1. The number of carboxylic acid groups (broad SMARTS) is 1. The molecular weight excluding hydrogens is 250 g/mol. The van der Waals surface area contributed by atoms with Crippen molar-refractivity contribution in [3.63, 3.8) is 0 Å². The highest BCUT2D eigenvalue weighted by Crippen LogP contribution is 2.24. The smallest absolute Gasteiger partial charge is 0.338 e. The SMILES string of the molecule is O=C(O)CCCNc1cc(=O)oc2cc(O)ccc12. The van der Waals surface area contributed by atoms with Gasteiger partial charge in [0.2, 0.25) is 0 Å². The first kappa shape index (κ1) is 12.9. The molecule has 0 unspecified atom stereocenters. The van der Waals surface area contributed by atoms with E-state index >= 15 is 0 Å². The maximum atomic E-state index is 11.4. The summed E-state index contributed by atoms with van der Waals surface area (Å²) in [5.74, 6) is -0.845. The lowest BCUT2D eigenvalue weighted by molar-refractivity contribution is -0.137. The summed E-state index contributed by atoms with van der Waals surface area (Å²) in [6.07, 6.45) is 0.516. The van der Waals surface area contributed by atoms with Gasteiger partial charge in [0.15, 0.2) is 0 Å². The summed E-state index contributed by atoms with van der Waals surface area (Å²) < 4.78 is 4.98. The van der Waals surface area contributed by atoms with Crippen molar-refractivity contribution in [1.29, 1.82) is 0 Å². The summed E-state index contributed by atoms with van der Waals surface area (Å²) in [6, 6.07) is 5.79. The van der Waals surface area contributed by atoms with Crippen LogP contribution in [0.15, 0.2) is 33.5 Å². The molecule has 3 N–H and O–H groups in total. The van der Waals surface area contributed by atoms with E-state index in [0.717, 1.165) is 0 Å². The average molecular weight is 263 g/mol. The fourth-order valence-corrected chi connectivity index (χ4v) is 1.76. The predicted octanol–water partition coefficient (Wildman–Crippen LogP) is 1.78. The van der Waals surface area contributed by atoms with Crippen molar-refractivity contribution in [3.8, 4) is 5.75 Å². The minimum atomic E-state index is -0.857. The zero-order valence-electron chi connectivity index (χ0n) is 10.0. The highest BCUT2D eigenvalue weighted by molar-refractivity contribution is 5.90. The number of phenols is 1. The van der Waals surface area contributed by atoms with Crippen LogP contribution in [-0.4, -0.2) is 22.7 Å². The van der Waals surface area contributed by atoms with E-state index in [2.05, 4.69) is 5.32 Å². The van der Waals surface area contributed by atoms with Gasteiger partial charge >= 0.3 is 11.6 Å². The van der Waals surface area contributed by atoms with Crippen LogP contribution >= 0.6 is 0 Å². The molecule has 1 heterocycles. The van der Waals surface area contributed by atoms with Crippen molar-refractivity contribution in [1.82, 2.24) is 0 Å². The molecule has 2 aromatic rings. The summed E-state index contributed by atoms with van der Waals surface area (Å²) in [7, 11) is 0. The molecule has 6 heteroatoms. The predicted molar refractivity (Wildman–Crippen MR) is 69.5 cm³/mol. The molecule has 100 valence electrons. The van der Waals surface area contributed by atoms with Crippen LogP contribution in [0.1, 0.15) is 12.8 Å². The first-order valence-corrected chi connectivity index (χ1v) is 5.79. The normalized spacial score (nSPS) is 10.5. The van der Waals surface area contributed by atoms with Crippen LogP contribution < -0.4 is 10.9 Å². The van der Waals surface area contributed by atoms with Crippen molar-refractivity contribution in [3.05, 3.63) is 34.7 Å². The second-order valence-corrected chi connectivity index (χ2v) is 4.08. The fraction of sp³-hybridized carbons (Fsp3) is 0.231. The lowest BCUT2D eigenvalue weighted by Gasteiger charge is -2.08. The Bertz CT molecular complexity index is 662. The van der Waals surface area contributed by atoms with Gasteiger partial charge in [-0.15, -0.1) is 0 Å². The topological polar surface area (TPSA) is 99.8 Å². The Labute approximate surface area is 108 Å². The number of hydrogen-bond donors (Lipinski definition) is 3. The highest BCUT2D eigenvalue weighted by Gasteiger charge is 2.06. The third kappa shape index (κ3) is 3.25. The number of aliphatic carboxylic acids is 1. The monoisotopic (exact) mass is 263 g/mol. The van der Waals surface area contributed by atoms with E-state index < -0.39 is 11.6 Å². The molecule has 1 aromatic heterocycles. The molecule has 0 aliphatic rings. The lowest BCUT2D eigenvalue weighted by Crippen LogP contribution is -2.08. The molecule has 0 fully saturated rings. The molecule has 0 amide bonds. The molecule has 0 bridgehead atoms. The van der Waals surface area contributed by atoms with Crippen LogP contribution in [0.3, 0.4) is 0 Å². The van der Waals surface area contributed by atoms with Crippen LogP contribution in [0.2, 0.25) is 0 Å². The van der Waals surface area contributed by atoms with Crippen LogP contribution in [0.25, 0.3) is 11.0 Å². The van der Waals surface area contributed by atoms with Gasteiger partial charge in [-0.3, -0.25) is 4.79 Å². The van der Waals surface area contributed by atoms with Crippen molar-refractivity contribution in [2.45, 2.75) is 12.8 Å². The molecule has 0 aliphatic heterocycles. The minimum Gasteiger partial charge on any atom is -0.508 e. The van der Waals surface area contributed by atoms with E-state index in [0.29, 0.717) is 24.0 Å². The minimum absolute atomic E-state index is 0.0127. The number of anilines is 1. The van der Waals surface area contributed by atoms with Crippen LogP contribution in [0.4, 0.5) is 5.69 Å². The summed E-state index contributed by atoms with van der Waals surface area (Å²) in [6.45, 7) is 0.436. The van der Waals surface area contributed by atoms with Crippen LogP contribution in [-0.2, 0) is 4.79 Å². The molecule has 2 rings (SSSR count). The van der Waals surface area contributed by atoms with Gasteiger partial charge in [0, 0.05) is 30.5 Å². The quantitative estimate of drug-likeness (QED) is 0.561. The van der Waals surface area contributed by atoms with Crippen molar-refractivity contribution in [2.24, 2.45) is 0 Å². The lowest BCUT2D eigenvalue weighted by atomic mass is 10.2. The fourth-order valence-electron chi connectivity index (χ4n) is 1.76. The summed E-state index contributed by atoms with van der Waals surface area (Å²) in [5.41, 5.74) is 0.323. The molecule has 1 aromatic carbocycles. The number of rotatable bonds is 5. The Hall–Kier alpha value is -2.50. The Kier molecular flexibility index (Phi) is 3.70. The standard InChI is InChI=1S/C13H13NO5/c15-8-3-4-9-10(14-5-1-2-12(16)17)7-13(18)19-11(9)6-8/h3-4,6-7,14-15H,1-2,5H2,(H,16,17). The van der Waals surface area contributed by atoms with E-state index in [1.807, 2.05) is 0 Å². The summed E-state index contributed by atoms with van der Waals surface area (Å²) >= 11 is 0. The number of nitrogens with one attached hydrogen (secondary N) is 1. The van der Waals surface area contributed by atoms with Crippen LogP contribution in [0.5, 0.6) is 5.75 Å². The number of benzene rings is 1. The van der Waals surface area contributed by atoms with E-state index in [1.165, 1.54) is 18.2 Å². The van der Waals surface area contributed by atoms with E-state index in [9.17, 15) is 14.7 Å². The molecule has 0 aliphatic carbocycles. The third-order valence-corrected chi connectivity index (χ3v) is 2.61. The number of aromatic hydroxyl groups is 1. The van der Waals surface area contributed by atoms with Gasteiger partial charge in [0.05, 0.1) is 5.69 Å². The van der Waals surface area contributed by atoms with E-state index in [-0.39, 0.29) is 17.8 Å². The van der Waals surface area contributed by atoms with Crippen molar-refractivity contribution < 1.29 is 19.4 Å². The molecule has 0 atom stereocenters. The van der Waals surface area contributed by atoms with Gasteiger partial charge in [-0.05, 0) is 18.6 Å². The Morgan fingerprint density at radius 3 is 2.84 bits per heavy atom. The van der Waals surface area contributed by atoms with Crippen molar-refractivity contribution in [2.75, 3.05) is 11.9 Å². The molecule has 0 saturated heterocycles. The number of fused-ring (bicyclic) bond motifs is 1. The third-order valence-electron chi connectivity index (χ3n) is 2.61. The molecule has 6 nitrogen and oxygen atoms in total. The first-order chi connectivity index (χ1) is 9.06. The Morgan fingerprint density at radius 2 is 2.11 bits per heavy atom. The van der Waals surface area contributed by atoms with Gasteiger partial charge in [-0.2, -0.15) is 0 Å². The number of hydrogen-bond acceptors (Lipinski definition) is 5. The van der Waals surface area contributed by atoms with Gasteiger partial charge in [0.1, 0.15) is 11.3 Å². The number of carbonyl (C=O) groups is 1. The van der Waals surface area contributed by atoms with Gasteiger partial charge in [0.25, 0.3) is 0 Å². The maximum Gasteiger partial charge on any atom is 0.338 e. The van der Waals surface area contributed by atoms with Gasteiger partial charge in [-0.25, -0.2) is 4.79 Å². The molecule has 0 saturated carbocycles. The van der Waals surface area contributed by atoms with Gasteiger partial charge in [-0.1, -0.05) is 0 Å². The molecule has 19 heavy (non-hydrogen) atoms. The molecule has 0 spiro atoms. The zero-order valence-corrected chi connectivity index (χ0v) is 10.0. The molecule has 0 radical (unpaired) electrons. The summed E-state index contributed by atoms with van der Waals surface area (Å²) in [5, 5.41) is 21.5. The average Bonchev–Trinajstić information content (AvgIpc) is 2.33. The Balaban J connectivity index is 2.22.